The number of benzene rings is 2. The van der Waals surface area contributed by atoms with E-state index in [1.807, 2.05) is 36.4 Å². The van der Waals surface area contributed by atoms with Crippen molar-refractivity contribution in [3.8, 4) is 0 Å². The largest absolute Gasteiger partial charge is 0.312 e. The summed E-state index contributed by atoms with van der Waals surface area (Å²) < 4.78 is 0. The van der Waals surface area contributed by atoms with Crippen molar-refractivity contribution >= 4 is 47.2 Å². The lowest BCUT2D eigenvalue weighted by molar-refractivity contribution is 0.687. The highest BCUT2D eigenvalue weighted by Crippen LogP contribution is 2.20. The van der Waals surface area contributed by atoms with Crippen molar-refractivity contribution < 1.29 is 0 Å². The zero-order valence-electron chi connectivity index (χ0n) is 10.7. The highest BCUT2D eigenvalue weighted by atomic mass is 35.5. The molecule has 108 valence electrons. The fourth-order valence-electron chi connectivity index (χ4n) is 1.77. The highest BCUT2D eigenvalue weighted by Gasteiger charge is 2.00. The molecule has 2 aromatic rings. The SMILES string of the molecule is Cl.Clc1ccc(CCNCc2ccc(Cl)cc2Cl)cc1. The number of halogens is 4. The Hall–Kier alpha value is -0.440. The Balaban J connectivity index is 0.00000200. The van der Waals surface area contributed by atoms with Crippen LogP contribution in [-0.4, -0.2) is 6.54 Å². The Bertz CT molecular complexity index is 540. The third kappa shape index (κ3) is 5.51. The van der Waals surface area contributed by atoms with Gasteiger partial charge in [0.05, 0.1) is 0 Å². The molecular weight excluding hydrogens is 336 g/mol. The number of hydrogen-bond donors (Lipinski definition) is 1. The van der Waals surface area contributed by atoms with Crippen LogP contribution >= 0.6 is 47.2 Å². The van der Waals surface area contributed by atoms with E-state index in [4.69, 9.17) is 34.8 Å². The van der Waals surface area contributed by atoms with Gasteiger partial charge in [-0.15, -0.1) is 12.4 Å². The lowest BCUT2D eigenvalue weighted by Crippen LogP contribution is -2.16. The molecule has 0 aliphatic heterocycles. The van der Waals surface area contributed by atoms with Gasteiger partial charge in [-0.3, -0.25) is 0 Å². The van der Waals surface area contributed by atoms with Crippen molar-refractivity contribution in [1.82, 2.24) is 5.32 Å². The molecule has 0 unspecified atom stereocenters. The first kappa shape index (κ1) is 17.6. The summed E-state index contributed by atoms with van der Waals surface area (Å²) in [6, 6.07) is 13.5. The molecule has 0 aromatic heterocycles. The van der Waals surface area contributed by atoms with Gasteiger partial charge in [-0.1, -0.05) is 53.0 Å². The second kappa shape index (κ2) is 8.76. The van der Waals surface area contributed by atoms with Gasteiger partial charge in [-0.25, -0.2) is 0 Å². The first-order chi connectivity index (χ1) is 9.15. The molecule has 0 atom stereocenters. The van der Waals surface area contributed by atoms with Gasteiger partial charge in [-0.2, -0.15) is 0 Å². The van der Waals surface area contributed by atoms with Gasteiger partial charge in [0, 0.05) is 21.6 Å². The molecular formula is C15H15Cl4N. The summed E-state index contributed by atoms with van der Waals surface area (Å²) in [4.78, 5) is 0. The van der Waals surface area contributed by atoms with Crippen molar-refractivity contribution in [2.24, 2.45) is 0 Å². The molecule has 20 heavy (non-hydrogen) atoms. The summed E-state index contributed by atoms with van der Waals surface area (Å²) in [6.45, 7) is 1.63. The van der Waals surface area contributed by atoms with Crippen LogP contribution in [0.4, 0.5) is 0 Å². The van der Waals surface area contributed by atoms with Crippen molar-refractivity contribution in [3.63, 3.8) is 0 Å². The van der Waals surface area contributed by atoms with Crippen LogP contribution < -0.4 is 5.32 Å². The molecule has 0 aliphatic carbocycles. The predicted molar refractivity (Wildman–Crippen MR) is 90.6 cm³/mol. The Kier molecular flexibility index (Phi) is 7.71. The van der Waals surface area contributed by atoms with Gasteiger partial charge in [0.1, 0.15) is 0 Å². The highest BCUT2D eigenvalue weighted by molar-refractivity contribution is 6.35. The maximum Gasteiger partial charge on any atom is 0.0465 e. The van der Waals surface area contributed by atoms with Crippen LogP contribution in [0.3, 0.4) is 0 Å². The van der Waals surface area contributed by atoms with E-state index in [-0.39, 0.29) is 12.4 Å². The molecule has 0 radical (unpaired) electrons. The zero-order chi connectivity index (χ0) is 13.7. The molecule has 0 amide bonds. The minimum atomic E-state index is 0. The third-order valence-electron chi connectivity index (χ3n) is 2.83. The van der Waals surface area contributed by atoms with Crippen molar-refractivity contribution in [3.05, 3.63) is 68.7 Å². The third-order valence-corrected chi connectivity index (χ3v) is 3.67. The fourth-order valence-corrected chi connectivity index (χ4v) is 2.37. The molecule has 0 fully saturated rings. The van der Waals surface area contributed by atoms with E-state index in [0.717, 1.165) is 30.1 Å². The zero-order valence-corrected chi connectivity index (χ0v) is 13.8. The number of hydrogen-bond acceptors (Lipinski definition) is 1. The molecule has 1 nitrogen and oxygen atoms in total. The summed E-state index contributed by atoms with van der Waals surface area (Å²) in [5, 5.41) is 5.50. The smallest absolute Gasteiger partial charge is 0.0465 e. The maximum atomic E-state index is 6.10. The quantitative estimate of drug-likeness (QED) is 0.711. The van der Waals surface area contributed by atoms with Crippen molar-refractivity contribution in [2.45, 2.75) is 13.0 Å². The van der Waals surface area contributed by atoms with Gasteiger partial charge in [0.2, 0.25) is 0 Å². The first-order valence-electron chi connectivity index (χ1n) is 6.04. The van der Waals surface area contributed by atoms with Crippen LogP contribution in [-0.2, 0) is 13.0 Å². The van der Waals surface area contributed by atoms with Crippen LogP contribution in [0.5, 0.6) is 0 Å². The topological polar surface area (TPSA) is 12.0 Å². The lowest BCUT2D eigenvalue weighted by atomic mass is 10.1. The second-order valence-electron chi connectivity index (χ2n) is 4.29. The van der Waals surface area contributed by atoms with E-state index in [0.29, 0.717) is 10.0 Å². The molecule has 0 bridgehead atoms. The molecule has 0 heterocycles. The molecule has 5 heteroatoms. The van der Waals surface area contributed by atoms with Crippen LogP contribution in [0.2, 0.25) is 15.1 Å². The van der Waals surface area contributed by atoms with Crippen molar-refractivity contribution in [1.29, 1.82) is 0 Å². The Morgan fingerprint density at radius 2 is 1.50 bits per heavy atom. The van der Waals surface area contributed by atoms with E-state index in [1.54, 1.807) is 6.07 Å². The predicted octanol–water partition coefficient (Wildman–Crippen LogP) is 5.40. The standard InChI is InChI=1S/C15H14Cl3N.ClH/c16-13-4-1-11(2-5-13)7-8-19-10-12-3-6-14(17)9-15(12)18;/h1-6,9,19H,7-8,10H2;1H. The number of nitrogens with one attached hydrogen (secondary N) is 1. The van der Waals surface area contributed by atoms with Crippen LogP contribution in [0.25, 0.3) is 0 Å². The Morgan fingerprint density at radius 1 is 0.850 bits per heavy atom. The second-order valence-corrected chi connectivity index (χ2v) is 5.57. The Morgan fingerprint density at radius 3 is 2.15 bits per heavy atom. The van der Waals surface area contributed by atoms with E-state index in [1.165, 1.54) is 5.56 Å². The van der Waals surface area contributed by atoms with Crippen LogP contribution in [0.1, 0.15) is 11.1 Å². The Labute approximate surface area is 140 Å². The van der Waals surface area contributed by atoms with E-state index in [9.17, 15) is 0 Å². The van der Waals surface area contributed by atoms with Gasteiger partial charge < -0.3 is 5.32 Å². The summed E-state index contributed by atoms with van der Waals surface area (Å²) >= 11 is 17.8. The van der Waals surface area contributed by atoms with Gasteiger partial charge in [0.15, 0.2) is 0 Å². The average Bonchev–Trinajstić information content (AvgIpc) is 2.39. The van der Waals surface area contributed by atoms with Gasteiger partial charge in [-0.05, 0) is 48.4 Å². The van der Waals surface area contributed by atoms with E-state index < -0.39 is 0 Å². The summed E-state index contributed by atoms with van der Waals surface area (Å²) in [7, 11) is 0. The summed E-state index contributed by atoms with van der Waals surface area (Å²) in [6.07, 6.45) is 0.961. The van der Waals surface area contributed by atoms with E-state index in [2.05, 4.69) is 5.32 Å². The van der Waals surface area contributed by atoms with Crippen LogP contribution in [0, 0.1) is 0 Å². The fraction of sp³-hybridized carbons (Fsp3) is 0.200. The molecule has 0 saturated heterocycles. The van der Waals surface area contributed by atoms with Crippen LogP contribution in [0.15, 0.2) is 42.5 Å². The average molecular weight is 351 g/mol. The molecule has 2 aromatic carbocycles. The van der Waals surface area contributed by atoms with Gasteiger partial charge >= 0.3 is 0 Å². The molecule has 1 N–H and O–H groups in total. The van der Waals surface area contributed by atoms with E-state index >= 15 is 0 Å². The monoisotopic (exact) mass is 349 g/mol. The molecule has 0 aliphatic rings. The summed E-state index contributed by atoms with van der Waals surface area (Å²) in [5.74, 6) is 0. The molecule has 0 saturated carbocycles. The molecule has 0 spiro atoms. The van der Waals surface area contributed by atoms with Gasteiger partial charge in [0.25, 0.3) is 0 Å². The first-order valence-corrected chi connectivity index (χ1v) is 7.17. The minimum Gasteiger partial charge on any atom is -0.312 e. The van der Waals surface area contributed by atoms with Crippen molar-refractivity contribution in [2.75, 3.05) is 6.54 Å². The summed E-state index contributed by atoms with van der Waals surface area (Å²) in [5.41, 5.74) is 2.32. The lowest BCUT2D eigenvalue weighted by Gasteiger charge is -2.07. The normalized spacial score (nSPS) is 10.2. The minimum absolute atomic E-state index is 0. The molecule has 2 rings (SSSR count). The maximum absolute atomic E-state index is 6.10. The number of rotatable bonds is 5.